The smallest absolute Gasteiger partial charge is 0.273 e. The molecular weight excluding hydrogens is 366 g/mol. The second-order valence-corrected chi connectivity index (χ2v) is 6.87. The summed E-state index contributed by atoms with van der Waals surface area (Å²) in [6.45, 7) is 2.01. The first-order valence-electron chi connectivity index (χ1n) is 9.25. The number of hydrogen-bond donors (Lipinski definition) is 3. The third-order valence-electron chi connectivity index (χ3n) is 4.88. The van der Waals surface area contributed by atoms with E-state index in [1.807, 2.05) is 49.5 Å². The SMILES string of the molecule is COc1cc([C@@H](Nc2cc(C)cc[nH+]2)c2ccc3cccnc3c2O)ccc1O. The number of nitrogens with one attached hydrogen (secondary N) is 2. The van der Waals surface area contributed by atoms with Gasteiger partial charge in [0.1, 0.15) is 17.3 Å². The van der Waals surface area contributed by atoms with Gasteiger partial charge in [-0.3, -0.25) is 10.3 Å². The van der Waals surface area contributed by atoms with Gasteiger partial charge in [0, 0.05) is 28.8 Å². The fraction of sp³-hybridized carbons (Fsp3) is 0.130. The quantitative estimate of drug-likeness (QED) is 0.481. The first kappa shape index (κ1) is 18.6. The molecule has 0 fully saturated rings. The van der Waals surface area contributed by atoms with Crippen LogP contribution in [0.5, 0.6) is 17.2 Å². The number of hydrogen-bond acceptors (Lipinski definition) is 5. The molecule has 0 saturated carbocycles. The fourth-order valence-electron chi connectivity index (χ4n) is 3.41. The molecule has 0 aliphatic carbocycles. The molecule has 2 aromatic heterocycles. The van der Waals surface area contributed by atoms with Gasteiger partial charge >= 0.3 is 0 Å². The molecule has 6 heteroatoms. The Morgan fingerprint density at radius 3 is 2.72 bits per heavy atom. The van der Waals surface area contributed by atoms with Crippen LogP contribution in [0.4, 0.5) is 5.82 Å². The van der Waals surface area contributed by atoms with Gasteiger partial charge in [-0.05, 0) is 42.8 Å². The summed E-state index contributed by atoms with van der Waals surface area (Å²) in [6.07, 6.45) is 3.51. The molecule has 29 heavy (non-hydrogen) atoms. The minimum absolute atomic E-state index is 0.0570. The van der Waals surface area contributed by atoms with E-state index in [-0.39, 0.29) is 11.5 Å². The predicted molar refractivity (Wildman–Crippen MR) is 111 cm³/mol. The number of aromatic hydroxyl groups is 2. The summed E-state index contributed by atoms with van der Waals surface area (Å²) in [5.41, 5.74) is 3.12. The van der Waals surface area contributed by atoms with Crippen LogP contribution >= 0.6 is 0 Å². The Kier molecular flexibility index (Phi) is 4.91. The standard InChI is InChI=1S/C23H21N3O3/c1-14-9-11-24-20(12-14)26-21(16-6-8-18(27)19(13-16)29-2)17-7-5-15-4-3-10-25-22(15)23(17)28/h3-13,21,27-28H,1-2H3,(H,24,26)/p+1/t21-/m1/s1. The number of methoxy groups -OCH3 is 1. The van der Waals surface area contributed by atoms with Gasteiger partial charge < -0.3 is 14.9 Å². The summed E-state index contributed by atoms with van der Waals surface area (Å²) in [5, 5.41) is 25.3. The molecule has 4 N–H and O–H groups in total. The molecule has 0 bridgehead atoms. The average molecular weight is 388 g/mol. The van der Waals surface area contributed by atoms with Crippen molar-refractivity contribution >= 4 is 16.7 Å². The maximum absolute atomic E-state index is 11.0. The molecule has 0 spiro atoms. The minimum atomic E-state index is -0.408. The Morgan fingerprint density at radius 2 is 1.93 bits per heavy atom. The normalized spacial score (nSPS) is 11.9. The van der Waals surface area contributed by atoms with Crippen LogP contribution in [0.15, 0.2) is 67.0 Å². The maximum Gasteiger partial charge on any atom is 0.273 e. The van der Waals surface area contributed by atoms with Crippen molar-refractivity contribution in [1.29, 1.82) is 0 Å². The van der Waals surface area contributed by atoms with Gasteiger partial charge in [0.25, 0.3) is 5.82 Å². The van der Waals surface area contributed by atoms with Gasteiger partial charge in [-0.25, -0.2) is 4.98 Å². The highest BCUT2D eigenvalue weighted by atomic mass is 16.5. The van der Waals surface area contributed by atoms with E-state index < -0.39 is 6.04 Å². The van der Waals surface area contributed by atoms with Gasteiger partial charge in [0.15, 0.2) is 11.5 Å². The van der Waals surface area contributed by atoms with E-state index in [1.165, 1.54) is 7.11 Å². The zero-order valence-electron chi connectivity index (χ0n) is 16.2. The van der Waals surface area contributed by atoms with Crippen LogP contribution in [-0.4, -0.2) is 22.3 Å². The summed E-state index contributed by atoms with van der Waals surface area (Å²) in [5.74, 6) is 1.32. The van der Waals surface area contributed by atoms with Crippen LogP contribution in [-0.2, 0) is 0 Å². The summed E-state index contributed by atoms with van der Waals surface area (Å²) in [4.78, 5) is 7.52. The van der Waals surface area contributed by atoms with Crippen LogP contribution in [0.25, 0.3) is 10.9 Å². The third kappa shape index (κ3) is 3.65. The highest BCUT2D eigenvalue weighted by molar-refractivity contribution is 5.86. The summed E-state index contributed by atoms with van der Waals surface area (Å²) < 4.78 is 5.28. The number of nitrogens with zero attached hydrogens (tertiary/aromatic N) is 1. The Morgan fingerprint density at radius 1 is 1.07 bits per heavy atom. The van der Waals surface area contributed by atoms with Gasteiger partial charge in [-0.1, -0.05) is 18.2 Å². The lowest BCUT2D eigenvalue weighted by atomic mass is 9.95. The number of phenolic OH excluding ortho intramolecular Hbond substituents is 2. The molecule has 0 radical (unpaired) electrons. The zero-order chi connectivity index (χ0) is 20.4. The molecule has 0 saturated heterocycles. The molecule has 0 aliphatic heterocycles. The topological polar surface area (TPSA) is 88.8 Å². The number of benzene rings is 2. The number of ether oxygens (including phenoxy) is 1. The van der Waals surface area contributed by atoms with Crippen molar-refractivity contribution in [2.24, 2.45) is 0 Å². The van der Waals surface area contributed by atoms with Gasteiger partial charge in [-0.15, -0.1) is 0 Å². The third-order valence-corrected chi connectivity index (χ3v) is 4.88. The van der Waals surface area contributed by atoms with E-state index in [9.17, 15) is 10.2 Å². The number of fused-ring (bicyclic) bond motifs is 1. The monoisotopic (exact) mass is 388 g/mol. The van der Waals surface area contributed by atoms with Gasteiger partial charge in [0.05, 0.1) is 13.3 Å². The van der Waals surface area contributed by atoms with Crippen LogP contribution in [0.2, 0.25) is 0 Å². The van der Waals surface area contributed by atoms with E-state index in [2.05, 4.69) is 15.3 Å². The van der Waals surface area contributed by atoms with Crippen molar-refractivity contribution in [1.82, 2.24) is 4.98 Å². The molecule has 0 aliphatic rings. The summed E-state index contributed by atoms with van der Waals surface area (Å²) in [7, 11) is 1.51. The van der Waals surface area contributed by atoms with Crippen LogP contribution < -0.4 is 15.0 Å². The van der Waals surface area contributed by atoms with Crippen molar-refractivity contribution in [2.45, 2.75) is 13.0 Å². The zero-order valence-corrected chi connectivity index (χ0v) is 16.2. The number of phenols is 2. The predicted octanol–water partition coefficient (Wildman–Crippen LogP) is 3.98. The number of H-pyrrole nitrogens is 1. The first-order valence-corrected chi connectivity index (χ1v) is 9.25. The minimum Gasteiger partial charge on any atom is -0.505 e. The van der Waals surface area contributed by atoms with Crippen LogP contribution in [0, 0.1) is 6.92 Å². The van der Waals surface area contributed by atoms with E-state index >= 15 is 0 Å². The number of rotatable bonds is 5. The van der Waals surface area contributed by atoms with E-state index in [1.54, 1.807) is 24.4 Å². The van der Waals surface area contributed by atoms with Gasteiger partial charge in [0.2, 0.25) is 0 Å². The second-order valence-electron chi connectivity index (χ2n) is 6.87. The Bertz CT molecular complexity index is 1180. The number of aromatic amines is 1. The molecule has 146 valence electrons. The molecular formula is C23H22N3O3+. The van der Waals surface area contributed by atoms with Crippen LogP contribution in [0.3, 0.4) is 0 Å². The lowest BCUT2D eigenvalue weighted by Gasteiger charge is -2.18. The van der Waals surface area contributed by atoms with E-state index in [0.29, 0.717) is 16.8 Å². The number of aromatic nitrogens is 2. The molecule has 2 heterocycles. The first-order chi connectivity index (χ1) is 14.1. The van der Waals surface area contributed by atoms with Crippen molar-refractivity contribution in [3.63, 3.8) is 0 Å². The Balaban J connectivity index is 1.87. The molecule has 0 amide bonds. The molecule has 4 rings (SSSR count). The average Bonchev–Trinajstić information content (AvgIpc) is 2.73. The van der Waals surface area contributed by atoms with Gasteiger partial charge in [-0.2, -0.15) is 0 Å². The molecule has 0 unspecified atom stereocenters. The number of pyridine rings is 2. The van der Waals surface area contributed by atoms with E-state index in [4.69, 9.17) is 4.74 Å². The van der Waals surface area contributed by atoms with Crippen molar-refractivity contribution in [2.75, 3.05) is 12.4 Å². The van der Waals surface area contributed by atoms with Crippen LogP contribution in [0.1, 0.15) is 22.7 Å². The fourth-order valence-corrected chi connectivity index (χ4v) is 3.41. The number of aryl methyl sites for hydroxylation is 1. The highest BCUT2D eigenvalue weighted by Crippen LogP contribution is 2.38. The largest absolute Gasteiger partial charge is 0.505 e. The lowest BCUT2D eigenvalue weighted by molar-refractivity contribution is -0.361. The molecule has 2 aromatic carbocycles. The highest BCUT2D eigenvalue weighted by Gasteiger charge is 2.25. The summed E-state index contributed by atoms with van der Waals surface area (Å²) >= 11 is 0. The van der Waals surface area contributed by atoms with Crippen molar-refractivity contribution < 1.29 is 19.9 Å². The Labute approximate surface area is 168 Å². The van der Waals surface area contributed by atoms with Crippen molar-refractivity contribution in [3.8, 4) is 17.2 Å². The summed E-state index contributed by atoms with van der Waals surface area (Å²) in [6, 6.07) is 16.2. The molecule has 4 aromatic rings. The van der Waals surface area contributed by atoms with E-state index in [0.717, 1.165) is 22.3 Å². The lowest BCUT2D eigenvalue weighted by Crippen LogP contribution is -2.19. The second kappa shape index (κ2) is 7.67. The maximum atomic E-state index is 11.0. The molecule has 6 nitrogen and oxygen atoms in total. The number of anilines is 1. The molecule has 1 atom stereocenters. The van der Waals surface area contributed by atoms with Crippen molar-refractivity contribution in [3.05, 3.63) is 83.7 Å². The Hall–Kier alpha value is -3.80.